The fourth-order valence-corrected chi connectivity index (χ4v) is 2.31. The van der Waals surface area contributed by atoms with E-state index in [1.165, 1.54) is 6.42 Å². The number of carbonyl (C=O) groups excluding carboxylic acids is 1. The minimum atomic E-state index is -0.273. The van der Waals surface area contributed by atoms with Gasteiger partial charge in [-0.15, -0.1) is 0 Å². The van der Waals surface area contributed by atoms with Crippen molar-refractivity contribution in [1.82, 2.24) is 0 Å². The van der Waals surface area contributed by atoms with Crippen LogP contribution >= 0.6 is 0 Å². The maximum Gasteiger partial charge on any atom is 0.328 e. The maximum absolute atomic E-state index is 12.1. The van der Waals surface area contributed by atoms with E-state index in [4.69, 9.17) is 9.47 Å². The summed E-state index contributed by atoms with van der Waals surface area (Å²) in [5.41, 5.74) is 0.843. The van der Waals surface area contributed by atoms with Gasteiger partial charge >= 0.3 is 5.97 Å². The van der Waals surface area contributed by atoms with E-state index in [2.05, 4.69) is 5.32 Å². The van der Waals surface area contributed by atoms with Crippen LogP contribution in [0.5, 0.6) is 5.75 Å². The van der Waals surface area contributed by atoms with Crippen LogP contribution in [0.25, 0.3) is 0 Å². The Morgan fingerprint density at radius 1 is 1.42 bits per heavy atom. The summed E-state index contributed by atoms with van der Waals surface area (Å²) < 4.78 is 10.5. The third kappa shape index (κ3) is 3.19. The number of ether oxygens (including phenoxy) is 2. The highest BCUT2D eigenvalue weighted by Crippen LogP contribution is 2.33. The van der Waals surface area contributed by atoms with E-state index in [1.54, 1.807) is 7.11 Å². The van der Waals surface area contributed by atoms with Crippen LogP contribution in [0.2, 0.25) is 0 Å². The van der Waals surface area contributed by atoms with Crippen LogP contribution in [-0.2, 0) is 9.53 Å². The molecule has 0 amide bonds. The molecule has 1 atom stereocenters. The van der Waals surface area contributed by atoms with E-state index in [0.29, 0.717) is 12.5 Å². The Hall–Kier alpha value is -1.71. The van der Waals surface area contributed by atoms with E-state index < -0.39 is 0 Å². The van der Waals surface area contributed by atoms with Gasteiger partial charge in [0.2, 0.25) is 0 Å². The summed E-state index contributed by atoms with van der Waals surface area (Å²) in [7, 11) is 1.63. The summed E-state index contributed by atoms with van der Waals surface area (Å²) in [5, 5.41) is 3.29. The van der Waals surface area contributed by atoms with E-state index >= 15 is 0 Å². The monoisotopic (exact) mass is 263 g/mol. The molecule has 1 aliphatic rings. The maximum atomic E-state index is 12.1. The molecule has 4 heteroatoms. The highest BCUT2D eigenvalue weighted by atomic mass is 16.5. The van der Waals surface area contributed by atoms with Gasteiger partial charge in [-0.2, -0.15) is 0 Å². The lowest BCUT2D eigenvalue weighted by Gasteiger charge is -2.33. The third-order valence-corrected chi connectivity index (χ3v) is 3.58. The number of carbonyl (C=O) groups is 1. The van der Waals surface area contributed by atoms with Crippen molar-refractivity contribution in [2.45, 2.75) is 32.2 Å². The summed E-state index contributed by atoms with van der Waals surface area (Å²) in [6.07, 6.45) is 3.34. The van der Waals surface area contributed by atoms with Crippen molar-refractivity contribution in [2.75, 3.05) is 19.0 Å². The highest BCUT2D eigenvalue weighted by Gasteiger charge is 2.34. The number of hydrogen-bond donors (Lipinski definition) is 1. The molecule has 0 aliphatic heterocycles. The topological polar surface area (TPSA) is 47.6 Å². The smallest absolute Gasteiger partial charge is 0.328 e. The lowest BCUT2D eigenvalue weighted by atomic mass is 9.79. The number of anilines is 1. The summed E-state index contributed by atoms with van der Waals surface area (Å²) in [5.74, 6) is 0.943. The van der Waals surface area contributed by atoms with E-state index in [1.807, 2.05) is 31.2 Å². The number of benzene rings is 1. The Morgan fingerprint density at radius 3 is 2.74 bits per heavy atom. The second kappa shape index (κ2) is 6.45. The van der Waals surface area contributed by atoms with Gasteiger partial charge < -0.3 is 14.8 Å². The van der Waals surface area contributed by atoms with Crippen LogP contribution in [0.4, 0.5) is 5.69 Å². The molecule has 1 aromatic carbocycles. The Labute approximate surface area is 114 Å². The SMILES string of the molecule is CCOC(=O)C(Nc1ccccc1OC)C1CCC1. The Morgan fingerprint density at radius 2 is 2.16 bits per heavy atom. The third-order valence-electron chi connectivity index (χ3n) is 3.58. The predicted molar refractivity (Wildman–Crippen MR) is 74.4 cm³/mol. The predicted octanol–water partition coefficient (Wildman–Crippen LogP) is 2.84. The molecule has 1 fully saturated rings. The Bertz CT molecular complexity index is 429. The summed E-state index contributed by atoms with van der Waals surface area (Å²) in [6.45, 7) is 2.24. The van der Waals surface area contributed by atoms with E-state index in [9.17, 15) is 4.79 Å². The average molecular weight is 263 g/mol. The molecule has 0 spiro atoms. The first-order chi connectivity index (χ1) is 9.26. The lowest BCUT2D eigenvalue weighted by molar-refractivity contribution is -0.146. The molecule has 2 rings (SSSR count). The van der Waals surface area contributed by atoms with E-state index in [0.717, 1.165) is 24.3 Å². The minimum Gasteiger partial charge on any atom is -0.495 e. The molecule has 0 radical (unpaired) electrons. The summed E-state index contributed by atoms with van der Waals surface area (Å²) in [4.78, 5) is 12.1. The quantitative estimate of drug-likeness (QED) is 0.802. The molecule has 1 aliphatic carbocycles. The first kappa shape index (κ1) is 13.7. The van der Waals surface area contributed by atoms with Gasteiger partial charge in [0.25, 0.3) is 0 Å². The van der Waals surface area contributed by atoms with Crippen LogP contribution in [0, 0.1) is 5.92 Å². The van der Waals surface area contributed by atoms with Gasteiger partial charge in [-0.1, -0.05) is 18.6 Å². The molecule has 0 heterocycles. The Kier molecular flexibility index (Phi) is 4.66. The molecule has 0 bridgehead atoms. The van der Waals surface area contributed by atoms with Crippen LogP contribution in [0.15, 0.2) is 24.3 Å². The molecule has 0 saturated heterocycles. The van der Waals surface area contributed by atoms with Crippen molar-refractivity contribution in [1.29, 1.82) is 0 Å². The van der Waals surface area contributed by atoms with Crippen molar-refractivity contribution in [2.24, 2.45) is 5.92 Å². The number of hydrogen-bond acceptors (Lipinski definition) is 4. The molecule has 1 saturated carbocycles. The van der Waals surface area contributed by atoms with Crippen molar-refractivity contribution in [3.05, 3.63) is 24.3 Å². The fraction of sp³-hybridized carbons (Fsp3) is 0.533. The van der Waals surface area contributed by atoms with Gasteiger partial charge in [-0.3, -0.25) is 0 Å². The van der Waals surface area contributed by atoms with Crippen LogP contribution in [0.1, 0.15) is 26.2 Å². The van der Waals surface area contributed by atoms with Gasteiger partial charge in [0.15, 0.2) is 0 Å². The zero-order valence-corrected chi connectivity index (χ0v) is 11.5. The number of esters is 1. The molecule has 19 heavy (non-hydrogen) atoms. The average Bonchev–Trinajstić information content (AvgIpc) is 2.36. The van der Waals surface area contributed by atoms with Crippen molar-refractivity contribution in [3.8, 4) is 5.75 Å². The van der Waals surface area contributed by atoms with Gasteiger partial charge in [0.05, 0.1) is 19.4 Å². The number of rotatable bonds is 6. The lowest BCUT2D eigenvalue weighted by Crippen LogP contribution is -2.41. The van der Waals surface area contributed by atoms with Gasteiger partial charge in [0, 0.05) is 0 Å². The van der Waals surface area contributed by atoms with Crippen molar-refractivity contribution >= 4 is 11.7 Å². The van der Waals surface area contributed by atoms with Gasteiger partial charge in [-0.05, 0) is 37.8 Å². The summed E-state index contributed by atoms with van der Waals surface area (Å²) in [6, 6.07) is 7.36. The standard InChI is InChI=1S/C15H21NO3/c1-3-19-15(17)14(11-7-6-8-11)16-12-9-4-5-10-13(12)18-2/h4-5,9-11,14,16H,3,6-8H2,1-2H3. The molecule has 1 N–H and O–H groups in total. The van der Waals surface area contributed by atoms with Gasteiger partial charge in [-0.25, -0.2) is 4.79 Å². The molecule has 4 nitrogen and oxygen atoms in total. The van der Waals surface area contributed by atoms with Crippen LogP contribution in [0.3, 0.4) is 0 Å². The second-order valence-electron chi connectivity index (χ2n) is 4.77. The zero-order valence-electron chi connectivity index (χ0n) is 11.5. The molecular formula is C15H21NO3. The molecule has 1 unspecified atom stereocenters. The van der Waals surface area contributed by atoms with Crippen molar-refractivity contribution < 1.29 is 14.3 Å². The second-order valence-corrected chi connectivity index (χ2v) is 4.77. The molecule has 104 valence electrons. The first-order valence-electron chi connectivity index (χ1n) is 6.82. The minimum absolute atomic E-state index is 0.168. The number of para-hydroxylation sites is 2. The molecule has 0 aromatic heterocycles. The molecule has 1 aromatic rings. The first-order valence-corrected chi connectivity index (χ1v) is 6.82. The fourth-order valence-electron chi connectivity index (χ4n) is 2.31. The highest BCUT2D eigenvalue weighted by molar-refractivity contribution is 5.80. The van der Waals surface area contributed by atoms with Crippen LogP contribution < -0.4 is 10.1 Å². The van der Waals surface area contributed by atoms with Crippen molar-refractivity contribution in [3.63, 3.8) is 0 Å². The number of nitrogens with one attached hydrogen (secondary N) is 1. The zero-order chi connectivity index (χ0) is 13.7. The Balaban J connectivity index is 2.12. The number of methoxy groups -OCH3 is 1. The molecular weight excluding hydrogens is 242 g/mol. The summed E-state index contributed by atoms with van der Waals surface area (Å²) >= 11 is 0. The normalized spacial score (nSPS) is 16.3. The van der Waals surface area contributed by atoms with Crippen LogP contribution in [-0.4, -0.2) is 25.7 Å². The van der Waals surface area contributed by atoms with E-state index in [-0.39, 0.29) is 12.0 Å². The van der Waals surface area contributed by atoms with Gasteiger partial charge in [0.1, 0.15) is 11.8 Å². The largest absolute Gasteiger partial charge is 0.495 e.